The van der Waals surface area contributed by atoms with Gasteiger partial charge in [-0.05, 0) is 0 Å². The first-order valence-electron chi connectivity index (χ1n) is 2.59. The van der Waals surface area contributed by atoms with E-state index in [0.29, 0.717) is 0 Å². The number of nitro groups is 1. The van der Waals surface area contributed by atoms with Crippen molar-refractivity contribution in [2.24, 2.45) is 4.99 Å². The third-order valence-corrected chi connectivity index (χ3v) is 1.07. The fraction of sp³-hybridized carbons (Fsp3) is 0.200. The molecule has 52 valence electrons. The predicted molar refractivity (Wildman–Crippen MR) is 33.4 cm³/mol. The van der Waals surface area contributed by atoms with Crippen molar-refractivity contribution in [3.05, 3.63) is 22.4 Å². The number of ketones is 1. The van der Waals surface area contributed by atoms with E-state index in [1.807, 2.05) is 0 Å². The van der Waals surface area contributed by atoms with Crippen LogP contribution in [0.1, 0.15) is 0 Å². The van der Waals surface area contributed by atoms with Gasteiger partial charge in [0.15, 0.2) is 0 Å². The van der Waals surface area contributed by atoms with E-state index in [-0.39, 0.29) is 0 Å². The molecule has 1 heterocycles. The Morgan fingerprint density at radius 1 is 1.70 bits per heavy atom. The van der Waals surface area contributed by atoms with Crippen LogP contribution in [0.3, 0.4) is 0 Å². The summed E-state index contributed by atoms with van der Waals surface area (Å²) in [5, 5.41) is 10.0. The van der Waals surface area contributed by atoms with Crippen LogP contribution in [-0.4, -0.2) is 23.0 Å². The molecule has 0 aromatic carbocycles. The Bertz CT molecular complexity index is 231. The lowest BCUT2D eigenvalue weighted by atomic mass is 10.2. The maximum Gasteiger partial charge on any atom is 0.309 e. The van der Waals surface area contributed by atoms with Gasteiger partial charge in [-0.25, -0.2) is 0 Å². The molecule has 10 heavy (non-hydrogen) atoms. The number of carbonyl (C=O) groups is 1. The predicted octanol–water partition coefficient (Wildman–Crippen LogP) is -0.201. The van der Waals surface area contributed by atoms with Gasteiger partial charge in [0.05, 0.1) is 6.21 Å². The summed E-state index contributed by atoms with van der Waals surface area (Å²) in [6.45, 7) is 0. The summed E-state index contributed by atoms with van der Waals surface area (Å²) in [4.78, 5) is 23.4. The third kappa shape index (κ3) is 1.07. The minimum atomic E-state index is -1.27. The summed E-state index contributed by atoms with van der Waals surface area (Å²) in [5.74, 6) is -0.528. The zero-order chi connectivity index (χ0) is 7.56. The van der Waals surface area contributed by atoms with Crippen molar-refractivity contribution in [2.75, 3.05) is 0 Å². The van der Waals surface area contributed by atoms with Crippen molar-refractivity contribution in [2.45, 2.75) is 6.04 Å². The smallest absolute Gasteiger partial charge is 0.287 e. The molecule has 1 unspecified atom stereocenters. The van der Waals surface area contributed by atoms with Crippen molar-refractivity contribution in [3.8, 4) is 0 Å². The number of rotatable bonds is 1. The van der Waals surface area contributed by atoms with Crippen molar-refractivity contribution in [3.63, 3.8) is 0 Å². The molecule has 0 amide bonds. The quantitative estimate of drug-likeness (QED) is 0.374. The molecule has 0 aromatic heterocycles. The van der Waals surface area contributed by atoms with Crippen molar-refractivity contribution >= 4 is 12.0 Å². The number of carbonyl (C=O) groups excluding carboxylic acids is 1. The van der Waals surface area contributed by atoms with Crippen LogP contribution in [0, 0.1) is 10.1 Å². The maximum absolute atomic E-state index is 10.6. The standard InChI is InChI=1S/C5H4N2O3/c8-5-1-2-6-3-4(5)7(9)10/h1-4H. The van der Waals surface area contributed by atoms with Gasteiger partial charge in [-0.2, -0.15) is 0 Å². The highest BCUT2D eigenvalue weighted by atomic mass is 16.6. The van der Waals surface area contributed by atoms with E-state index in [0.717, 1.165) is 12.3 Å². The van der Waals surface area contributed by atoms with Crippen LogP contribution in [0.4, 0.5) is 0 Å². The van der Waals surface area contributed by atoms with Crippen LogP contribution < -0.4 is 0 Å². The first-order chi connectivity index (χ1) is 4.72. The van der Waals surface area contributed by atoms with E-state index in [9.17, 15) is 14.9 Å². The third-order valence-electron chi connectivity index (χ3n) is 1.07. The molecular formula is C5H4N2O3. The molecule has 0 fully saturated rings. The van der Waals surface area contributed by atoms with E-state index in [1.54, 1.807) is 0 Å². The van der Waals surface area contributed by atoms with Crippen LogP contribution in [0.2, 0.25) is 0 Å². The molecule has 1 aliphatic heterocycles. The molecular weight excluding hydrogens is 136 g/mol. The summed E-state index contributed by atoms with van der Waals surface area (Å²) in [5.41, 5.74) is 0. The van der Waals surface area contributed by atoms with Crippen molar-refractivity contribution in [1.82, 2.24) is 0 Å². The van der Waals surface area contributed by atoms with Crippen LogP contribution in [0.15, 0.2) is 17.3 Å². The number of hydrogen-bond acceptors (Lipinski definition) is 4. The van der Waals surface area contributed by atoms with E-state index in [4.69, 9.17) is 0 Å². The Morgan fingerprint density at radius 2 is 2.40 bits per heavy atom. The van der Waals surface area contributed by atoms with Crippen LogP contribution in [-0.2, 0) is 4.79 Å². The van der Waals surface area contributed by atoms with Crippen LogP contribution in [0.5, 0.6) is 0 Å². The highest BCUT2D eigenvalue weighted by Gasteiger charge is 2.26. The number of hydrogen-bond donors (Lipinski definition) is 0. The lowest BCUT2D eigenvalue weighted by Gasteiger charge is -2.00. The molecule has 0 spiro atoms. The second kappa shape index (κ2) is 2.38. The molecule has 0 saturated heterocycles. The molecule has 1 rings (SSSR count). The largest absolute Gasteiger partial charge is 0.309 e. The normalized spacial score (nSPS) is 23.2. The van der Waals surface area contributed by atoms with Gasteiger partial charge in [0.25, 0.3) is 0 Å². The number of nitrogens with zero attached hydrogens (tertiary/aromatic N) is 2. The van der Waals surface area contributed by atoms with Gasteiger partial charge in [0, 0.05) is 17.2 Å². The molecule has 0 bridgehead atoms. The summed E-state index contributed by atoms with van der Waals surface area (Å²) in [6, 6.07) is -1.27. The first-order valence-corrected chi connectivity index (χ1v) is 2.59. The Morgan fingerprint density at radius 3 is 2.80 bits per heavy atom. The Hall–Kier alpha value is -1.52. The minimum Gasteiger partial charge on any atom is -0.287 e. The van der Waals surface area contributed by atoms with E-state index in [2.05, 4.69) is 4.99 Å². The first kappa shape index (κ1) is 6.60. The molecule has 0 aliphatic carbocycles. The van der Waals surface area contributed by atoms with Gasteiger partial charge in [-0.3, -0.25) is 19.9 Å². The molecule has 1 atom stereocenters. The van der Waals surface area contributed by atoms with Crippen molar-refractivity contribution in [1.29, 1.82) is 0 Å². The SMILES string of the molecule is O=C1C=CN=CC1[N+](=O)[O-]. The zero-order valence-electron chi connectivity index (χ0n) is 4.93. The molecule has 0 N–H and O–H groups in total. The summed E-state index contributed by atoms with van der Waals surface area (Å²) >= 11 is 0. The summed E-state index contributed by atoms with van der Waals surface area (Å²) in [7, 11) is 0. The number of aliphatic imine (C=N–C) groups is 1. The fourth-order valence-corrected chi connectivity index (χ4v) is 0.578. The highest BCUT2D eigenvalue weighted by molar-refractivity contribution is 6.05. The van der Waals surface area contributed by atoms with Crippen molar-refractivity contribution < 1.29 is 9.72 Å². The van der Waals surface area contributed by atoms with E-state index < -0.39 is 16.7 Å². The monoisotopic (exact) mass is 140 g/mol. The second-order valence-corrected chi connectivity index (χ2v) is 1.75. The second-order valence-electron chi connectivity index (χ2n) is 1.75. The average molecular weight is 140 g/mol. The van der Waals surface area contributed by atoms with Gasteiger partial charge < -0.3 is 0 Å². The van der Waals surface area contributed by atoms with Gasteiger partial charge in [0.2, 0.25) is 5.78 Å². The van der Waals surface area contributed by atoms with Gasteiger partial charge in [0.1, 0.15) is 0 Å². The Labute approximate surface area is 56.2 Å². The Kier molecular flexibility index (Phi) is 1.57. The molecule has 5 nitrogen and oxygen atoms in total. The van der Waals surface area contributed by atoms with Crippen LogP contribution >= 0.6 is 0 Å². The minimum absolute atomic E-state index is 0.528. The van der Waals surface area contributed by atoms with Gasteiger partial charge in [-0.15, -0.1) is 0 Å². The molecule has 0 saturated carbocycles. The molecule has 0 radical (unpaired) electrons. The Balaban J connectivity index is 2.80. The zero-order valence-corrected chi connectivity index (χ0v) is 4.93. The lowest BCUT2D eigenvalue weighted by Crippen LogP contribution is -2.30. The van der Waals surface area contributed by atoms with Gasteiger partial charge in [-0.1, -0.05) is 0 Å². The van der Waals surface area contributed by atoms with Gasteiger partial charge >= 0.3 is 6.04 Å². The molecule has 1 aliphatic rings. The van der Waals surface area contributed by atoms with E-state index in [1.165, 1.54) is 6.20 Å². The van der Waals surface area contributed by atoms with Crippen LogP contribution in [0.25, 0.3) is 0 Å². The molecule has 5 heteroatoms. The fourth-order valence-electron chi connectivity index (χ4n) is 0.578. The highest BCUT2D eigenvalue weighted by Crippen LogP contribution is 1.96. The summed E-state index contributed by atoms with van der Waals surface area (Å²) in [6.07, 6.45) is 3.35. The average Bonchev–Trinajstić information content (AvgIpc) is 1.88. The van der Waals surface area contributed by atoms with E-state index >= 15 is 0 Å². The molecule has 0 aromatic rings. The maximum atomic E-state index is 10.6. The summed E-state index contributed by atoms with van der Waals surface area (Å²) < 4.78 is 0. The lowest BCUT2D eigenvalue weighted by molar-refractivity contribution is -0.487. The topological polar surface area (TPSA) is 72.6 Å².